The number of hydrogen-bond donors (Lipinski definition) is 2. The molecule has 0 aliphatic rings. The van der Waals surface area contributed by atoms with Crippen molar-refractivity contribution >= 4 is 5.91 Å². The van der Waals surface area contributed by atoms with E-state index in [0.717, 1.165) is 11.3 Å². The van der Waals surface area contributed by atoms with Gasteiger partial charge in [0.05, 0.1) is 6.10 Å². The highest BCUT2D eigenvalue weighted by molar-refractivity contribution is 5.94. The normalized spacial score (nSPS) is 12.0. The van der Waals surface area contributed by atoms with Gasteiger partial charge in [-0.1, -0.05) is 44.2 Å². The van der Waals surface area contributed by atoms with E-state index in [2.05, 4.69) is 5.32 Å². The summed E-state index contributed by atoms with van der Waals surface area (Å²) in [6.45, 7) is 4.55. The Morgan fingerprint density at radius 1 is 1.09 bits per heavy atom. The summed E-state index contributed by atoms with van der Waals surface area (Å²) in [6, 6.07) is 16.9. The van der Waals surface area contributed by atoms with Gasteiger partial charge in [0.2, 0.25) is 0 Å². The van der Waals surface area contributed by atoms with E-state index in [-0.39, 0.29) is 18.4 Å². The van der Waals surface area contributed by atoms with Crippen LogP contribution in [0.5, 0.6) is 5.75 Å². The summed E-state index contributed by atoms with van der Waals surface area (Å²) in [5.74, 6) is 0.755. The van der Waals surface area contributed by atoms with Crippen molar-refractivity contribution in [3.8, 4) is 5.75 Å². The fourth-order valence-corrected chi connectivity index (χ4v) is 1.97. The third-order valence-corrected chi connectivity index (χ3v) is 3.61. The van der Waals surface area contributed by atoms with E-state index >= 15 is 0 Å². The standard InChI is InChI=1S/C19H23NO3/c1-14(2)18(21)12-20-19(22)16-10-8-15(9-11-16)13-23-17-6-4-3-5-7-17/h3-11,14,18,21H,12-13H2,1-2H3,(H,20,22). The van der Waals surface area contributed by atoms with Crippen LogP contribution in [-0.4, -0.2) is 23.7 Å². The quantitative estimate of drug-likeness (QED) is 0.826. The highest BCUT2D eigenvalue weighted by Crippen LogP contribution is 2.12. The number of hydrogen-bond acceptors (Lipinski definition) is 3. The van der Waals surface area contributed by atoms with Gasteiger partial charge in [0.15, 0.2) is 0 Å². The number of rotatable bonds is 7. The Morgan fingerprint density at radius 2 is 1.74 bits per heavy atom. The van der Waals surface area contributed by atoms with Gasteiger partial charge in [-0.15, -0.1) is 0 Å². The van der Waals surface area contributed by atoms with Gasteiger partial charge in [-0.2, -0.15) is 0 Å². The Balaban J connectivity index is 1.85. The minimum absolute atomic E-state index is 0.118. The maximum absolute atomic E-state index is 12.0. The molecule has 2 aromatic carbocycles. The number of carbonyl (C=O) groups is 1. The molecule has 2 rings (SSSR count). The van der Waals surface area contributed by atoms with Gasteiger partial charge in [0, 0.05) is 12.1 Å². The highest BCUT2D eigenvalue weighted by atomic mass is 16.5. The van der Waals surface area contributed by atoms with Crippen LogP contribution in [0.25, 0.3) is 0 Å². The number of aliphatic hydroxyl groups excluding tert-OH is 1. The maximum atomic E-state index is 12.0. The Morgan fingerprint density at radius 3 is 2.35 bits per heavy atom. The van der Waals surface area contributed by atoms with E-state index in [1.54, 1.807) is 12.1 Å². The second-order valence-electron chi connectivity index (χ2n) is 5.82. The first kappa shape index (κ1) is 17.0. The molecule has 0 aromatic heterocycles. The van der Waals surface area contributed by atoms with Crippen molar-refractivity contribution < 1.29 is 14.6 Å². The van der Waals surface area contributed by atoms with Crippen LogP contribution in [0.1, 0.15) is 29.8 Å². The summed E-state index contributed by atoms with van der Waals surface area (Å²) >= 11 is 0. The second kappa shape index (κ2) is 8.34. The van der Waals surface area contributed by atoms with Crippen LogP contribution in [0.4, 0.5) is 0 Å². The average molecular weight is 313 g/mol. The molecule has 0 saturated carbocycles. The Kier molecular flexibility index (Phi) is 6.18. The van der Waals surface area contributed by atoms with Gasteiger partial charge in [-0.3, -0.25) is 4.79 Å². The number of carbonyl (C=O) groups excluding carboxylic acids is 1. The molecule has 0 heterocycles. The summed E-state index contributed by atoms with van der Waals surface area (Å²) < 4.78 is 5.66. The molecule has 122 valence electrons. The smallest absolute Gasteiger partial charge is 0.251 e. The molecule has 1 atom stereocenters. The molecular formula is C19H23NO3. The molecule has 2 N–H and O–H groups in total. The first-order valence-corrected chi connectivity index (χ1v) is 7.79. The highest BCUT2D eigenvalue weighted by Gasteiger charge is 2.11. The first-order chi connectivity index (χ1) is 11.1. The molecule has 4 heteroatoms. The molecule has 0 bridgehead atoms. The summed E-state index contributed by atoms with van der Waals surface area (Å²) in [5, 5.41) is 12.5. The van der Waals surface area contributed by atoms with Crippen molar-refractivity contribution in [2.24, 2.45) is 5.92 Å². The maximum Gasteiger partial charge on any atom is 0.251 e. The summed E-state index contributed by atoms with van der Waals surface area (Å²) in [7, 11) is 0. The number of benzene rings is 2. The monoisotopic (exact) mass is 313 g/mol. The van der Waals surface area contributed by atoms with Crippen LogP contribution in [-0.2, 0) is 6.61 Å². The minimum atomic E-state index is -0.530. The average Bonchev–Trinajstić information content (AvgIpc) is 2.58. The summed E-state index contributed by atoms with van der Waals surface area (Å²) in [5.41, 5.74) is 1.57. The summed E-state index contributed by atoms with van der Waals surface area (Å²) in [6.07, 6.45) is -0.530. The molecular weight excluding hydrogens is 290 g/mol. The van der Waals surface area contributed by atoms with Crippen molar-refractivity contribution in [2.45, 2.75) is 26.6 Å². The predicted octanol–water partition coefficient (Wildman–Crippen LogP) is 3.01. The van der Waals surface area contributed by atoms with E-state index in [0.29, 0.717) is 12.2 Å². The Labute approximate surface area is 137 Å². The molecule has 0 aliphatic heterocycles. The lowest BCUT2D eigenvalue weighted by Crippen LogP contribution is -2.34. The van der Waals surface area contributed by atoms with Gasteiger partial charge in [-0.25, -0.2) is 0 Å². The van der Waals surface area contributed by atoms with Crippen molar-refractivity contribution in [1.82, 2.24) is 5.32 Å². The molecule has 0 saturated heterocycles. The second-order valence-corrected chi connectivity index (χ2v) is 5.82. The van der Waals surface area contributed by atoms with Gasteiger partial charge in [0.1, 0.15) is 12.4 Å². The van der Waals surface area contributed by atoms with Crippen molar-refractivity contribution in [2.75, 3.05) is 6.54 Å². The van der Waals surface area contributed by atoms with E-state index in [1.807, 2.05) is 56.3 Å². The Hall–Kier alpha value is -2.33. The molecule has 0 radical (unpaired) electrons. The molecule has 1 amide bonds. The molecule has 2 aromatic rings. The van der Waals surface area contributed by atoms with Crippen LogP contribution in [0, 0.1) is 5.92 Å². The third-order valence-electron chi connectivity index (χ3n) is 3.61. The van der Waals surface area contributed by atoms with Gasteiger partial charge in [0.25, 0.3) is 5.91 Å². The van der Waals surface area contributed by atoms with Crippen molar-refractivity contribution in [3.63, 3.8) is 0 Å². The number of para-hydroxylation sites is 1. The van der Waals surface area contributed by atoms with E-state index in [4.69, 9.17) is 4.74 Å². The van der Waals surface area contributed by atoms with Crippen LogP contribution in [0.15, 0.2) is 54.6 Å². The zero-order chi connectivity index (χ0) is 16.7. The zero-order valence-corrected chi connectivity index (χ0v) is 13.5. The van der Waals surface area contributed by atoms with Crippen molar-refractivity contribution in [3.05, 3.63) is 65.7 Å². The van der Waals surface area contributed by atoms with E-state index in [9.17, 15) is 9.90 Å². The summed E-state index contributed by atoms with van der Waals surface area (Å²) in [4.78, 5) is 12.0. The van der Waals surface area contributed by atoms with Crippen LogP contribution >= 0.6 is 0 Å². The van der Waals surface area contributed by atoms with E-state index < -0.39 is 6.10 Å². The fraction of sp³-hybridized carbons (Fsp3) is 0.316. The lowest BCUT2D eigenvalue weighted by molar-refractivity contribution is 0.0871. The lowest BCUT2D eigenvalue weighted by atomic mass is 10.1. The molecule has 4 nitrogen and oxygen atoms in total. The minimum Gasteiger partial charge on any atom is -0.489 e. The molecule has 23 heavy (non-hydrogen) atoms. The van der Waals surface area contributed by atoms with E-state index in [1.165, 1.54) is 0 Å². The molecule has 0 aliphatic carbocycles. The number of amides is 1. The van der Waals surface area contributed by atoms with Crippen LogP contribution < -0.4 is 10.1 Å². The van der Waals surface area contributed by atoms with Gasteiger partial charge < -0.3 is 15.2 Å². The van der Waals surface area contributed by atoms with Crippen LogP contribution in [0.2, 0.25) is 0 Å². The molecule has 1 unspecified atom stereocenters. The SMILES string of the molecule is CC(C)C(O)CNC(=O)c1ccc(COc2ccccc2)cc1. The zero-order valence-electron chi connectivity index (χ0n) is 13.5. The lowest BCUT2D eigenvalue weighted by Gasteiger charge is -2.15. The number of ether oxygens (including phenoxy) is 1. The molecule has 0 spiro atoms. The first-order valence-electron chi connectivity index (χ1n) is 7.79. The van der Waals surface area contributed by atoms with Crippen molar-refractivity contribution in [1.29, 1.82) is 0 Å². The largest absolute Gasteiger partial charge is 0.489 e. The van der Waals surface area contributed by atoms with Gasteiger partial charge in [-0.05, 0) is 35.7 Å². The third kappa shape index (κ3) is 5.42. The molecule has 0 fully saturated rings. The Bertz CT molecular complexity index is 608. The predicted molar refractivity (Wildman–Crippen MR) is 90.4 cm³/mol. The fourth-order valence-electron chi connectivity index (χ4n) is 1.97. The van der Waals surface area contributed by atoms with Gasteiger partial charge >= 0.3 is 0 Å². The topological polar surface area (TPSA) is 58.6 Å². The number of aliphatic hydroxyl groups is 1. The van der Waals surface area contributed by atoms with Crippen LogP contribution in [0.3, 0.4) is 0 Å². The number of nitrogens with one attached hydrogen (secondary N) is 1.